The summed E-state index contributed by atoms with van der Waals surface area (Å²) in [6, 6.07) is 6.31. The number of nitrogens with two attached hydrogens (primary N) is 1. The number of amides is 1. The zero-order valence-electron chi connectivity index (χ0n) is 8.18. The Balaban J connectivity index is 2.87. The maximum atomic E-state index is 11.5. The molecule has 0 aliphatic rings. The first-order chi connectivity index (χ1) is 7.16. The van der Waals surface area contributed by atoms with Crippen LogP contribution in [-0.2, 0) is 0 Å². The van der Waals surface area contributed by atoms with Crippen molar-refractivity contribution in [2.75, 3.05) is 13.1 Å². The highest BCUT2D eigenvalue weighted by Crippen LogP contribution is 1.96. The van der Waals surface area contributed by atoms with Crippen molar-refractivity contribution < 1.29 is 14.8 Å². The first-order valence-corrected chi connectivity index (χ1v) is 4.60. The van der Waals surface area contributed by atoms with Crippen molar-refractivity contribution >= 4 is 18.5 Å². The lowest BCUT2D eigenvalue weighted by Gasteiger charge is -2.08. The van der Waals surface area contributed by atoms with E-state index in [2.05, 4.69) is 5.32 Å². The monoisotopic (exact) mass is 208 g/mol. The summed E-state index contributed by atoms with van der Waals surface area (Å²) in [6.45, 7) is 0.699. The van der Waals surface area contributed by atoms with Gasteiger partial charge < -0.3 is 21.1 Å². The average molecular weight is 208 g/mol. The molecule has 0 aromatic heterocycles. The topological polar surface area (TPSA) is 95.6 Å². The van der Waals surface area contributed by atoms with E-state index in [1.54, 1.807) is 12.1 Å². The van der Waals surface area contributed by atoms with Crippen LogP contribution in [0.3, 0.4) is 0 Å². The maximum absolute atomic E-state index is 11.5. The molecule has 0 heterocycles. The normalized spacial score (nSPS) is 9.80. The second-order valence-electron chi connectivity index (χ2n) is 3.01. The van der Waals surface area contributed by atoms with Gasteiger partial charge in [-0.2, -0.15) is 0 Å². The molecule has 0 aliphatic heterocycles. The van der Waals surface area contributed by atoms with Crippen LogP contribution in [-0.4, -0.2) is 36.2 Å². The lowest BCUT2D eigenvalue weighted by atomic mass is 9.77. The van der Waals surface area contributed by atoms with E-state index >= 15 is 0 Å². The molecule has 0 unspecified atom stereocenters. The highest BCUT2D eigenvalue weighted by atomic mass is 16.4. The molecule has 15 heavy (non-hydrogen) atoms. The summed E-state index contributed by atoms with van der Waals surface area (Å²) >= 11 is 0. The predicted molar refractivity (Wildman–Crippen MR) is 57.7 cm³/mol. The van der Waals surface area contributed by atoms with Gasteiger partial charge in [0.25, 0.3) is 5.91 Å². The number of hydrogen-bond acceptors (Lipinski definition) is 4. The van der Waals surface area contributed by atoms with E-state index in [4.69, 9.17) is 15.8 Å². The molecule has 1 rings (SSSR count). The number of hydrogen-bond donors (Lipinski definition) is 4. The molecule has 1 aromatic carbocycles. The molecule has 0 saturated heterocycles. The molecule has 0 atom stereocenters. The zero-order chi connectivity index (χ0) is 11.3. The van der Waals surface area contributed by atoms with Crippen LogP contribution in [0.1, 0.15) is 10.4 Å². The molecule has 80 valence electrons. The minimum Gasteiger partial charge on any atom is -0.423 e. The van der Waals surface area contributed by atoms with Crippen LogP contribution in [0.2, 0.25) is 0 Å². The first-order valence-electron chi connectivity index (χ1n) is 4.60. The number of nitrogens with one attached hydrogen (secondary N) is 1. The fourth-order valence-corrected chi connectivity index (χ4v) is 1.21. The van der Waals surface area contributed by atoms with Crippen LogP contribution >= 0.6 is 0 Å². The summed E-state index contributed by atoms with van der Waals surface area (Å²) in [6.07, 6.45) is 0. The average Bonchev–Trinajstić information content (AvgIpc) is 2.25. The van der Waals surface area contributed by atoms with E-state index in [0.717, 1.165) is 0 Å². The Hall–Kier alpha value is -1.37. The smallest absolute Gasteiger partial charge is 0.423 e. The summed E-state index contributed by atoms with van der Waals surface area (Å²) in [5.41, 5.74) is 5.68. The van der Waals surface area contributed by atoms with Crippen LogP contribution < -0.4 is 16.5 Å². The van der Waals surface area contributed by atoms with Crippen molar-refractivity contribution in [3.8, 4) is 0 Å². The van der Waals surface area contributed by atoms with E-state index < -0.39 is 7.12 Å². The molecular formula is C9H13BN2O3. The molecule has 0 aliphatic carbocycles. The van der Waals surface area contributed by atoms with Crippen LogP contribution in [0.5, 0.6) is 0 Å². The Bertz CT molecular complexity index is 344. The summed E-state index contributed by atoms with van der Waals surface area (Å²) in [4.78, 5) is 11.5. The highest BCUT2D eigenvalue weighted by Gasteiger charge is 2.19. The molecule has 5 nitrogen and oxygen atoms in total. The van der Waals surface area contributed by atoms with Gasteiger partial charge >= 0.3 is 7.12 Å². The molecule has 1 amide bonds. The first kappa shape index (κ1) is 11.7. The molecule has 0 bridgehead atoms. The second kappa shape index (κ2) is 5.50. The summed E-state index contributed by atoms with van der Waals surface area (Å²) in [5.74, 6) is -0.357. The van der Waals surface area contributed by atoms with Gasteiger partial charge in [-0.1, -0.05) is 18.2 Å². The Morgan fingerprint density at radius 1 is 1.40 bits per heavy atom. The van der Waals surface area contributed by atoms with Gasteiger partial charge in [-0.25, -0.2) is 0 Å². The van der Waals surface area contributed by atoms with Crippen molar-refractivity contribution in [3.63, 3.8) is 0 Å². The molecule has 0 saturated carbocycles. The Labute approximate surface area is 88.1 Å². The predicted octanol–water partition coefficient (Wildman–Crippen LogP) is -1.95. The number of carbonyl (C=O) groups is 1. The summed E-state index contributed by atoms with van der Waals surface area (Å²) in [5, 5.41) is 20.6. The lowest BCUT2D eigenvalue weighted by Crippen LogP contribution is -2.39. The van der Waals surface area contributed by atoms with Gasteiger partial charge in [0.2, 0.25) is 0 Å². The Kier molecular flexibility index (Phi) is 4.29. The van der Waals surface area contributed by atoms with Crippen molar-refractivity contribution in [1.29, 1.82) is 0 Å². The molecule has 1 aromatic rings. The van der Waals surface area contributed by atoms with Gasteiger partial charge in [-0.05, 0) is 11.5 Å². The molecule has 0 spiro atoms. The van der Waals surface area contributed by atoms with Gasteiger partial charge in [0.1, 0.15) is 0 Å². The second-order valence-corrected chi connectivity index (χ2v) is 3.01. The van der Waals surface area contributed by atoms with Crippen LogP contribution in [0.25, 0.3) is 0 Å². The van der Waals surface area contributed by atoms with Crippen LogP contribution in [0, 0.1) is 0 Å². The largest absolute Gasteiger partial charge is 0.489 e. The third kappa shape index (κ3) is 3.05. The van der Waals surface area contributed by atoms with Gasteiger partial charge in [0.05, 0.1) is 0 Å². The van der Waals surface area contributed by atoms with Crippen molar-refractivity contribution in [2.24, 2.45) is 5.73 Å². The van der Waals surface area contributed by atoms with Gasteiger partial charge in [0.15, 0.2) is 0 Å². The third-order valence-corrected chi connectivity index (χ3v) is 1.91. The Morgan fingerprint density at radius 2 is 2.07 bits per heavy atom. The van der Waals surface area contributed by atoms with E-state index in [1.165, 1.54) is 12.1 Å². The number of carbonyl (C=O) groups excluding carboxylic acids is 1. The standard InChI is InChI=1S/C9H13BN2O3/c11-5-6-12-9(13)7-3-1-2-4-8(7)10(14)15/h1-4,14-15H,5-6,11H2,(H,12,13). The van der Waals surface area contributed by atoms with E-state index in [1.807, 2.05) is 0 Å². The third-order valence-electron chi connectivity index (χ3n) is 1.91. The number of benzene rings is 1. The SMILES string of the molecule is NCCNC(=O)c1ccccc1B(O)O. The lowest BCUT2D eigenvalue weighted by molar-refractivity contribution is 0.0955. The van der Waals surface area contributed by atoms with Gasteiger partial charge in [0, 0.05) is 18.7 Å². The van der Waals surface area contributed by atoms with Crippen LogP contribution in [0.4, 0.5) is 0 Å². The quantitative estimate of drug-likeness (QED) is 0.432. The fourth-order valence-electron chi connectivity index (χ4n) is 1.21. The minimum absolute atomic E-state index is 0.187. The fraction of sp³-hybridized carbons (Fsp3) is 0.222. The Morgan fingerprint density at radius 3 is 2.67 bits per heavy atom. The van der Waals surface area contributed by atoms with Gasteiger partial charge in [-0.3, -0.25) is 4.79 Å². The molecule has 6 heteroatoms. The van der Waals surface area contributed by atoms with Crippen molar-refractivity contribution in [1.82, 2.24) is 5.32 Å². The van der Waals surface area contributed by atoms with Crippen LogP contribution in [0.15, 0.2) is 24.3 Å². The highest BCUT2D eigenvalue weighted by molar-refractivity contribution is 6.60. The number of rotatable bonds is 4. The van der Waals surface area contributed by atoms with E-state index in [9.17, 15) is 4.79 Å². The van der Waals surface area contributed by atoms with E-state index in [0.29, 0.717) is 13.1 Å². The molecule has 0 radical (unpaired) electrons. The van der Waals surface area contributed by atoms with E-state index in [-0.39, 0.29) is 16.9 Å². The van der Waals surface area contributed by atoms with Crippen molar-refractivity contribution in [2.45, 2.75) is 0 Å². The molecular weight excluding hydrogens is 195 g/mol. The minimum atomic E-state index is -1.65. The van der Waals surface area contributed by atoms with Gasteiger partial charge in [-0.15, -0.1) is 0 Å². The zero-order valence-corrected chi connectivity index (χ0v) is 8.18. The van der Waals surface area contributed by atoms with Crippen molar-refractivity contribution in [3.05, 3.63) is 29.8 Å². The summed E-state index contributed by atoms with van der Waals surface area (Å²) < 4.78 is 0. The molecule has 5 N–H and O–H groups in total. The summed E-state index contributed by atoms with van der Waals surface area (Å²) in [7, 11) is -1.65. The maximum Gasteiger partial charge on any atom is 0.489 e. The molecule has 0 fully saturated rings.